The topological polar surface area (TPSA) is 63.2 Å². The molecule has 20 heavy (non-hydrogen) atoms. The second kappa shape index (κ2) is 6.18. The molecule has 1 fully saturated rings. The molecule has 1 aromatic carbocycles. The number of benzene rings is 1. The summed E-state index contributed by atoms with van der Waals surface area (Å²) in [6.45, 7) is 4.06. The highest BCUT2D eigenvalue weighted by Gasteiger charge is 2.28. The molecule has 1 aliphatic rings. The van der Waals surface area contributed by atoms with Crippen LogP contribution in [0.3, 0.4) is 0 Å². The van der Waals surface area contributed by atoms with Crippen molar-refractivity contribution in [3.05, 3.63) is 29.3 Å². The number of carbonyl (C=O) groups excluding carboxylic acids is 1. The van der Waals surface area contributed by atoms with E-state index < -0.39 is 9.84 Å². The van der Waals surface area contributed by atoms with Crippen LogP contribution in [-0.4, -0.2) is 37.6 Å². The number of amides is 1. The van der Waals surface area contributed by atoms with E-state index in [0.29, 0.717) is 12.2 Å². The fourth-order valence-electron chi connectivity index (χ4n) is 2.28. The first-order valence-corrected chi connectivity index (χ1v) is 9.36. The smallest absolute Gasteiger partial charge is 0.230 e. The van der Waals surface area contributed by atoms with Gasteiger partial charge in [-0.3, -0.25) is 4.79 Å². The SMILES string of the molecule is Cc1ccc(SCC(=O)N[C@@H]2CCS(=O)(=O)C2)c(C)c1. The summed E-state index contributed by atoms with van der Waals surface area (Å²) in [5.41, 5.74) is 2.36. The minimum Gasteiger partial charge on any atom is -0.352 e. The normalized spacial score (nSPS) is 20.8. The molecule has 1 N–H and O–H groups in total. The molecule has 0 bridgehead atoms. The van der Waals surface area contributed by atoms with Crippen LogP contribution in [0.4, 0.5) is 0 Å². The highest BCUT2D eigenvalue weighted by Crippen LogP contribution is 2.23. The second-order valence-electron chi connectivity index (χ2n) is 5.23. The van der Waals surface area contributed by atoms with Gasteiger partial charge in [-0.1, -0.05) is 17.7 Å². The molecule has 1 aliphatic heterocycles. The van der Waals surface area contributed by atoms with Crippen molar-refractivity contribution in [2.24, 2.45) is 0 Å². The number of thioether (sulfide) groups is 1. The number of aryl methyl sites for hydroxylation is 2. The molecule has 1 amide bonds. The van der Waals surface area contributed by atoms with Crippen molar-refractivity contribution in [2.75, 3.05) is 17.3 Å². The zero-order chi connectivity index (χ0) is 14.8. The van der Waals surface area contributed by atoms with E-state index in [1.165, 1.54) is 17.3 Å². The molecule has 0 aromatic heterocycles. The highest BCUT2D eigenvalue weighted by atomic mass is 32.2. The van der Waals surface area contributed by atoms with Gasteiger partial charge in [0, 0.05) is 10.9 Å². The molecule has 0 saturated carbocycles. The molecule has 4 nitrogen and oxygen atoms in total. The minimum atomic E-state index is -2.94. The molecule has 1 heterocycles. The van der Waals surface area contributed by atoms with Gasteiger partial charge in [-0.05, 0) is 31.9 Å². The van der Waals surface area contributed by atoms with Crippen LogP contribution in [0.2, 0.25) is 0 Å². The zero-order valence-electron chi connectivity index (χ0n) is 11.7. The molecule has 0 radical (unpaired) electrons. The lowest BCUT2D eigenvalue weighted by atomic mass is 10.2. The predicted molar refractivity (Wildman–Crippen MR) is 81.8 cm³/mol. The maximum atomic E-state index is 11.8. The third-order valence-corrected chi connectivity index (χ3v) is 6.23. The number of sulfone groups is 1. The fourth-order valence-corrected chi connectivity index (χ4v) is 4.78. The number of carbonyl (C=O) groups is 1. The molecular weight excluding hydrogens is 294 g/mol. The summed E-state index contributed by atoms with van der Waals surface area (Å²) < 4.78 is 22.6. The van der Waals surface area contributed by atoms with Crippen molar-refractivity contribution in [1.29, 1.82) is 0 Å². The van der Waals surface area contributed by atoms with Crippen LogP contribution in [0.15, 0.2) is 23.1 Å². The second-order valence-corrected chi connectivity index (χ2v) is 8.47. The number of nitrogens with one attached hydrogen (secondary N) is 1. The van der Waals surface area contributed by atoms with Gasteiger partial charge in [0.25, 0.3) is 0 Å². The fraction of sp³-hybridized carbons (Fsp3) is 0.500. The first-order chi connectivity index (χ1) is 9.35. The molecule has 1 aromatic rings. The van der Waals surface area contributed by atoms with Gasteiger partial charge in [0.15, 0.2) is 9.84 Å². The van der Waals surface area contributed by atoms with Crippen LogP contribution >= 0.6 is 11.8 Å². The molecule has 0 unspecified atom stereocenters. The Bertz CT molecular complexity index is 611. The minimum absolute atomic E-state index is 0.0764. The van der Waals surface area contributed by atoms with Gasteiger partial charge in [-0.25, -0.2) is 8.42 Å². The Kier molecular flexibility index (Phi) is 4.75. The van der Waals surface area contributed by atoms with Crippen LogP contribution < -0.4 is 5.32 Å². The van der Waals surface area contributed by atoms with Gasteiger partial charge >= 0.3 is 0 Å². The Labute approximate surface area is 124 Å². The average Bonchev–Trinajstić information content (AvgIpc) is 2.67. The quantitative estimate of drug-likeness (QED) is 0.859. The summed E-state index contributed by atoms with van der Waals surface area (Å²) in [6.07, 6.45) is 0.530. The van der Waals surface area contributed by atoms with Gasteiger partial charge in [0.05, 0.1) is 17.3 Å². The number of hydrogen-bond donors (Lipinski definition) is 1. The average molecular weight is 313 g/mol. The van der Waals surface area contributed by atoms with Crippen molar-refractivity contribution >= 4 is 27.5 Å². The van der Waals surface area contributed by atoms with Crippen molar-refractivity contribution in [3.8, 4) is 0 Å². The maximum Gasteiger partial charge on any atom is 0.230 e. The summed E-state index contributed by atoms with van der Waals surface area (Å²) in [5.74, 6) is 0.479. The van der Waals surface area contributed by atoms with Crippen molar-refractivity contribution < 1.29 is 13.2 Å². The highest BCUT2D eigenvalue weighted by molar-refractivity contribution is 8.00. The third-order valence-electron chi connectivity index (χ3n) is 3.29. The Morgan fingerprint density at radius 2 is 2.15 bits per heavy atom. The standard InChI is InChI=1S/C14H19NO3S2/c1-10-3-4-13(11(2)7-10)19-8-14(16)15-12-5-6-20(17,18)9-12/h3-4,7,12H,5-6,8-9H2,1-2H3,(H,15,16)/t12-/m1/s1. The van der Waals surface area contributed by atoms with Crippen LogP contribution in [0, 0.1) is 13.8 Å². The molecule has 6 heteroatoms. The van der Waals surface area contributed by atoms with Crippen molar-refractivity contribution in [2.45, 2.75) is 31.2 Å². The van der Waals surface area contributed by atoms with E-state index in [1.807, 2.05) is 26.0 Å². The Morgan fingerprint density at radius 3 is 2.75 bits per heavy atom. The van der Waals surface area contributed by atoms with E-state index in [9.17, 15) is 13.2 Å². The molecule has 1 atom stereocenters. The van der Waals surface area contributed by atoms with Crippen LogP contribution in [0.5, 0.6) is 0 Å². The summed E-state index contributed by atoms with van der Waals surface area (Å²) in [7, 11) is -2.94. The first kappa shape index (κ1) is 15.4. The summed E-state index contributed by atoms with van der Waals surface area (Å²) in [5, 5.41) is 2.80. The van der Waals surface area contributed by atoms with E-state index in [4.69, 9.17) is 0 Å². The summed E-state index contributed by atoms with van der Waals surface area (Å²) in [6, 6.07) is 5.91. The van der Waals surface area contributed by atoms with Gasteiger partial charge in [0.1, 0.15) is 0 Å². The Morgan fingerprint density at radius 1 is 1.40 bits per heavy atom. The molecule has 0 spiro atoms. The van der Waals surface area contributed by atoms with Gasteiger partial charge < -0.3 is 5.32 Å². The van der Waals surface area contributed by atoms with Crippen LogP contribution in [-0.2, 0) is 14.6 Å². The third kappa shape index (κ3) is 4.24. The Hall–Kier alpha value is -1.01. The van der Waals surface area contributed by atoms with E-state index >= 15 is 0 Å². The maximum absolute atomic E-state index is 11.8. The monoisotopic (exact) mass is 313 g/mol. The molecule has 1 saturated heterocycles. The number of rotatable bonds is 4. The van der Waals surface area contributed by atoms with E-state index in [2.05, 4.69) is 11.4 Å². The molecule has 0 aliphatic carbocycles. The summed E-state index contributed by atoms with van der Waals surface area (Å²) in [4.78, 5) is 12.9. The van der Waals surface area contributed by atoms with Crippen LogP contribution in [0.25, 0.3) is 0 Å². The zero-order valence-corrected chi connectivity index (χ0v) is 13.3. The molecule has 2 rings (SSSR count). The van der Waals surface area contributed by atoms with E-state index in [-0.39, 0.29) is 23.5 Å². The lowest BCUT2D eigenvalue weighted by Gasteiger charge is -2.11. The number of hydrogen-bond acceptors (Lipinski definition) is 4. The first-order valence-electron chi connectivity index (χ1n) is 6.55. The lowest BCUT2D eigenvalue weighted by molar-refractivity contribution is -0.119. The van der Waals surface area contributed by atoms with Crippen molar-refractivity contribution in [1.82, 2.24) is 5.32 Å². The van der Waals surface area contributed by atoms with Gasteiger partial charge in [-0.2, -0.15) is 0 Å². The lowest BCUT2D eigenvalue weighted by Crippen LogP contribution is -2.36. The van der Waals surface area contributed by atoms with E-state index in [0.717, 1.165) is 10.5 Å². The van der Waals surface area contributed by atoms with Gasteiger partial charge in [-0.15, -0.1) is 11.8 Å². The van der Waals surface area contributed by atoms with E-state index in [1.54, 1.807) is 0 Å². The Balaban J connectivity index is 1.84. The van der Waals surface area contributed by atoms with Crippen molar-refractivity contribution in [3.63, 3.8) is 0 Å². The summed E-state index contributed by atoms with van der Waals surface area (Å²) >= 11 is 1.49. The predicted octanol–water partition coefficient (Wildman–Crippen LogP) is 1.70. The largest absolute Gasteiger partial charge is 0.352 e. The molecule has 110 valence electrons. The van der Waals surface area contributed by atoms with Gasteiger partial charge in [0.2, 0.25) is 5.91 Å². The van der Waals surface area contributed by atoms with Crippen LogP contribution in [0.1, 0.15) is 17.5 Å². The molecular formula is C14H19NO3S2.